The summed E-state index contributed by atoms with van der Waals surface area (Å²) in [6, 6.07) is 12.9. The first kappa shape index (κ1) is 15.6. The molecule has 0 saturated carbocycles. The normalized spacial score (nSPS) is 12.4. The molecule has 0 saturated heterocycles. The third kappa shape index (κ3) is 3.85. The van der Waals surface area contributed by atoms with Crippen LogP contribution in [-0.4, -0.2) is 0 Å². The quantitative estimate of drug-likeness (QED) is 0.758. The molecule has 1 atom stereocenters. The van der Waals surface area contributed by atoms with Crippen LogP contribution in [0.4, 0.5) is 0 Å². The summed E-state index contributed by atoms with van der Waals surface area (Å²) in [6.45, 7) is 7.31. The number of hydrogen-bond donors (Lipinski definition) is 1. The lowest BCUT2D eigenvalue weighted by atomic mass is 10.00. The second-order valence-electron chi connectivity index (χ2n) is 5.21. The highest BCUT2D eigenvalue weighted by atomic mass is 79.9. The number of halogens is 2. The Morgan fingerprint density at radius 3 is 2.60 bits per heavy atom. The summed E-state index contributed by atoms with van der Waals surface area (Å²) < 4.78 is 0.942. The van der Waals surface area contributed by atoms with Crippen molar-refractivity contribution in [2.75, 3.05) is 0 Å². The first-order valence-corrected chi connectivity index (χ1v) is 7.89. The first-order chi connectivity index (χ1) is 9.47. The molecule has 0 bridgehead atoms. The third-order valence-electron chi connectivity index (χ3n) is 3.50. The van der Waals surface area contributed by atoms with Gasteiger partial charge in [0.2, 0.25) is 0 Å². The second-order valence-corrected chi connectivity index (χ2v) is 6.47. The van der Waals surface area contributed by atoms with Crippen molar-refractivity contribution >= 4 is 27.5 Å². The van der Waals surface area contributed by atoms with Gasteiger partial charge in [-0.3, -0.25) is 0 Å². The molecule has 0 fully saturated rings. The number of nitrogens with one attached hydrogen (secondary N) is 1. The van der Waals surface area contributed by atoms with Crippen LogP contribution in [0, 0.1) is 13.8 Å². The average molecular weight is 353 g/mol. The molecule has 1 nitrogen and oxygen atoms in total. The van der Waals surface area contributed by atoms with Crippen LogP contribution in [-0.2, 0) is 6.54 Å². The Morgan fingerprint density at radius 1 is 1.15 bits per heavy atom. The van der Waals surface area contributed by atoms with Crippen molar-refractivity contribution in [2.45, 2.75) is 33.4 Å². The Labute approximate surface area is 134 Å². The smallest absolute Gasteiger partial charge is 0.0548 e. The van der Waals surface area contributed by atoms with Crippen LogP contribution in [0.1, 0.15) is 35.2 Å². The molecule has 106 valence electrons. The van der Waals surface area contributed by atoms with Gasteiger partial charge in [-0.1, -0.05) is 41.4 Å². The van der Waals surface area contributed by atoms with Crippen molar-refractivity contribution in [3.8, 4) is 0 Å². The van der Waals surface area contributed by atoms with Crippen LogP contribution in [0.2, 0.25) is 5.02 Å². The summed E-state index contributed by atoms with van der Waals surface area (Å²) in [5.41, 5.74) is 5.21. The van der Waals surface area contributed by atoms with E-state index in [2.05, 4.69) is 72.3 Å². The maximum atomic E-state index is 6.01. The fourth-order valence-electron chi connectivity index (χ4n) is 2.26. The SMILES string of the molecule is Cc1ccc(C)c(C(C)NCc2ccc(Cl)c(Br)c2)c1. The maximum Gasteiger partial charge on any atom is 0.0548 e. The molecule has 0 heterocycles. The standard InChI is InChI=1S/C17H19BrClN/c1-11-4-5-12(2)15(8-11)13(3)20-10-14-6-7-17(19)16(18)9-14/h4-9,13,20H,10H2,1-3H3. The molecule has 0 aliphatic carbocycles. The highest BCUT2D eigenvalue weighted by molar-refractivity contribution is 9.10. The summed E-state index contributed by atoms with van der Waals surface area (Å²) in [6.07, 6.45) is 0. The van der Waals surface area contributed by atoms with Gasteiger partial charge in [0.25, 0.3) is 0 Å². The molecule has 2 rings (SSSR count). The minimum absolute atomic E-state index is 0.323. The lowest BCUT2D eigenvalue weighted by molar-refractivity contribution is 0.572. The Morgan fingerprint density at radius 2 is 1.90 bits per heavy atom. The molecular formula is C17H19BrClN. The zero-order chi connectivity index (χ0) is 14.7. The van der Waals surface area contributed by atoms with E-state index in [1.807, 2.05) is 6.07 Å². The Balaban J connectivity index is 2.06. The minimum atomic E-state index is 0.323. The number of aryl methyl sites for hydroxylation is 2. The van der Waals surface area contributed by atoms with Crippen LogP contribution in [0.3, 0.4) is 0 Å². The lowest BCUT2D eigenvalue weighted by Crippen LogP contribution is -2.19. The van der Waals surface area contributed by atoms with Gasteiger partial charge < -0.3 is 5.32 Å². The summed E-state index contributed by atoms with van der Waals surface area (Å²) in [4.78, 5) is 0. The molecule has 3 heteroatoms. The van der Waals surface area contributed by atoms with Gasteiger partial charge in [-0.15, -0.1) is 0 Å². The number of rotatable bonds is 4. The van der Waals surface area contributed by atoms with E-state index in [9.17, 15) is 0 Å². The molecule has 1 N–H and O–H groups in total. The lowest BCUT2D eigenvalue weighted by Gasteiger charge is -2.17. The van der Waals surface area contributed by atoms with E-state index in [0.717, 1.165) is 16.0 Å². The largest absolute Gasteiger partial charge is 0.306 e. The topological polar surface area (TPSA) is 12.0 Å². The molecule has 0 spiro atoms. The summed E-state index contributed by atoms with van der Waals surface area (Å²) in [7, 11) is 0. The van der Waals surface area contributed by atoms with E-state index in [1.54, 1.807) is 0 Å². The third-order valence-corrected chi connectivity index (χ3v) is 4.71. The molecule has 0 amide bonds. The highest BCUT2D eigenvalue weighted by Crippen LogP contribution is 2.24. The predicted octanol–water partition coefficient (Wildman–Crippen LogP) is 5.57. The van der Waals surface area contributed by atoms with Gasteiger partial charge in [-0.2, -0.15) is 0 Å². The Bertz CT molecular complexity index is 610. The monoisotopic (exact) mass is 351 g/mol. The molecule has 1 unspecified atom stereocenters. The van der Waals surface area contributed by atoms with E-state index in [0.29, 0.717) is 6.04 Å². The fourth-order valence-corrected chi connectivity index (χ4v) is 2.80. The van der Waals surface area contributed by atoms with Crippen LogP contribution in [0.25, 0.3) is 0 Å². The van der Waals surface area contributed by atoms with Gasteiger partial charge in [0.15, 0.2) is 0 Å². The fraction of sp³-hybridized carbons (Fsp3) is 0.294. The summed E-state index contributed by atoms with van der Waals surface area (Å²) in [5.74, 6) is 0. The van der Waals surface area contributed by atoms with Crippen molar-refractivity contribution in [1.82, 2.24) is 5.32 Å². The van der Waals surface area contributed by atoms with Crippen LogP contribution < -0.4 is 5.32 Å². The van der Waals surface area contributed by atoms with E-state index in [4.69, 9.17) is 11.6 Å². The van der Waals surface area contributed by atoms with Gasteiger partial charge in [0.1, 0.15) is 0 Å². The van der Waals surface area contributed by atoms with Gasteiger partial charge in [0, 0.05) is 17.1 Å². The number of benzene rings is 2. The second kappa shape index (κ2) is 6.75. The average Bonchev–Trinajstić information content (AvgIpc) is 2.42. The van der Waals surface area contributed by atoms with Crippen molar-refractivity contribution in [1.29, 1.82) is 0 Å². The zero-order valence-electron chi connectivity index (χ0n) is 12.0. The molecule has 0 aliphatic rings. The van der Waals surface area contributed by atoms with Crippen molar-refractivity contribution in [3.05, 3.63) is 68.1 Å². The van der Waals surface area contributed by atoms with Crippen molar-refractivity contribution in [2.24, 2.45) is 0 Å². The molecule has 20 heavy (non-hydrogen) atoms. The Kier molecular flexibility index (Phi) is 5.25. The highest BCUT2D eigenvalue weighted by Gasteiger charge is 2.08. The zero-order valence-corrected chi connectivity index (χ0v) is 14.3. The molecule has 0 radical (unpaired) electrons. The van der Waals surface area contributed by atoms with Crippen LogP contribution in [0.5, 0.6) is 0 Å². The van der Waals surface area contributed by atoms with Gasteiger partial charge in [-0.05, 0) is 65.5 Å². The molecule has 2 aromatic rings. The van der Waals surface area contributed by atoms with E-state index >= 15 is 0 Å². The first-order valence-electron chi connectivity index (χ1n) is 6.72. The maximum absolute atomic E-state index is 6.01. The van der Waals surface area contributed by atoms with E-state index in [-0.39, 0.29) is 0 Å². The van der Waals surface area contributed by atoms with Gasteiger partial charge in [-0.25, -0.2) is 0 Å². The van der Waals surface area contributed by atoms with E-state index in [1.165, 1.54) is 22.3 Å². The van der Waals surface area contributed by atoms with E-state index < -0.39 is 0 Å². The van der Waals surface area contributed by atoms with Gasteiger partial charge in [0.05, 0.1) is 5.02 Å². The van der Waals surface area contributed by atoms with Crippen molar-refractivity contribution < 1.29 is 0 Å². The molecule has 2 aromatic carbocycles. The van der Waals surface area contributed by atoms with Gasteiger partial charge >= 0.3 is 0 Å². The Hall–Kier alpha value is -0.830. The molecule has 0 aliphatic heterocycles. The van der Waals surface area contributed by atoms with Crippen molar-refractivity contribution in [3.63, 3.8) is 0 Å². The number of hydrogen-bond acceptors (Lipinski definition) is 1. The molecule has 0 aromatic heterocycles. The van der Waals surface area contributed by atoms with Crippen LogP contribution in [0.15, 0.2) is 40.9 Å². The minimum Gasteiger partial charge on any atom is -0.306 e. The van der Waals surface area contributed by atoms with Crippen LogP contribution >= 0.6 is 27.5 Å². The predicted molar refractivity (Wildman–Crippen MR) is 90.3 cm³/mol. The summed E-state index contributed by atoms with van der Waals surface area (Å²) in [5, 5.41) is 4.31. The molecular weight excluding hydrogens is 334 g/mol. The summed E-state index contributed by atoms with van der Waals surface area (Å²) >= 11 is 9.47.